The Labute approximate surface area is 115 Å². The fourth-order valence-corrected chi connectivity index (χ4v) is 2.82. The number of hydrogen-bond acceptors (Lipinski definition) is 4. The number of likely N-dealkylation sites (N-methyl/N-ethyl adjacent to an activating group) is 1. The highest BCUT2D eigenvalue weighted by atomic mass is 15.2. The first-order valence-electron chi connectivity index (χ1n) is 6.93. The third-order valence-corrected chi connectivity index (χ3v) is 4.05. The third-order valence-electron chi connectivity index (χ3n) is 4.05. The Morgan fingerprint density at radius 1 is 1.21 bits per heavy atom. The second-order valence-corrected chi connectivity index (χ2v) is 5.53. The van der Waals surface area contributed by atoms with Crippen LogP contribution in [0.2, 0.25) is 0 Å². The summed E-state index contributed by atoms with van der Waals surface area (Å²) in [7, 11) is 2.19. The standard InChI is InChI=1S/C15H22N4/c1-11-14-10-13(19-8-6-18(3)7-9-19)4-5-15(14)17-12(2)16-11/h4-5,10-11,16-17H,2,6-9H2,1,3H3. The molecule has 2 aliphatic rings. The van der Waals surface area contributed by atoms with E-state index in [9.17, 15) is 0 Å². The van der Waals surface area contributed by atoms with Crippen LogP contribution in [0.25, 0.3) is 0 Å². The summed E-state index contributed by atoms with van der Waals surface area (Å²) < 4.78 is 0. The first-order chi connectivity index (χ1) is 9.13. The van der Waals surface area contributed by atoms with Crippen LogP contribution in [0.3, 0.4) is 0 Å². The lowest BCUT2D eigenvalue weighted by atomic mass is 10.0. The van der Waals surface area contributed by atoms with Crippen LogP contribution in [0.1, 0.15) is 18.5 Å². The smallest absolute Gasteiger partial charge is 0.0961 e. The third kappa shape index (κ3) is 2.40. The second-order valence-electron chi connectivity index (χ2n) is 5.53. The Morgan fingerprint density at radius 3 is 2.68 bits per heavy atom. The van der Waals surface area contributed by atoms with Gasteiger partial charge in [-0.15, -0.1) is 0 Å². The molecule has 0 amide bonds. The zero-order chi connectivity index (χ0) is 13.4. The van der Waals surface area contributed by atoms with E-state index in [0.29, 0.717) is 6.04 Å². The molecule has 1 unspecified atom stereocenters. The van der Waals surface area contributed by atoms with Crippen LogP contribution in [-0.4, -0.2) is 38.1 Å². The predicted molar refractivity (Wildman–Crippen MR) is 80.5 cm³/mol. The molecule has 0 aromatic heterocycles. The van der Waals surface area contributed by atoms with Crippen molar-refractivity contribution in [2.75, 3.05) is 43.4 Å². The van der Waals surface area contributed by atoms with Gasteiger partial charge < -0.3 is 20.4 Å². The minimum absolute atomic E-state index is 0.316. The number of nitrogens with one attached hydrogen (secondary N) is 2. The molecule has 1 aromatic carbocycles. The topological polar surface area (TPSA) is 30.5 Å². The first kappa shape index (κ1) is 12.4. The first-order valence-corrected chi connectivity index (χ1v) is 6.93. The number of piperazine rings is 1. The molecule has 0 spiro atoms. The molecule has 0 saturated carbocycles. The molecule has 0 radical (unpaired) electrons. The number of anilines is 2. The van der Waals surface area contributed by atoms with Crippen LogP contribution in [0, 0.1) is 0 Å². The Hall–Kier alpha value is -1.68. The quantitative estimate of drug-likeness (QED) is 0.806. The zero-order valence-corrected chi connectivity index (χ0v) is 11.7. The maximum absolute atomic E-state index is 3.95. The summed E-state index contributed by atoms with van der Waals surface area (Å²) in [5.74, 6) is 0.882. The van der Waals surface area contributed by atoms with Gasteiger partial charge in [-0.3, -0.25) is 0 Å². The summed E-state index contributed by atoms with van der Waals surface area (Å²) in [5, 5.41) is 6.64. The van der Waals surface area contributed by atoms with Crippen molar-refractivity contribution < 1.29 is 0 Å². The zero-order valence-electron chi connectivity index (χ0n) is 11.7. The summed E-state index contributed by atoms with van der Waals surface area (Å²) in [6.45, 7) is 10.6. The van der Waals surface area contributed by atoms with E-state index >= 15 is 0 Å². The van der Waals surface area contributed by atoms with Crippen molar-refractivity contribution in [1.82, 2.24) is 10.2 Å². The lowest BCUT2D eigenvalue weighted by Crippen LogP contribution is -2.44. The van der Waals surface area contributed by atoms with Gasteiger partial charge in [0.2, 0.25) is 0 Å². The van der Waals surface area contributed by atoms with Crippen LogP contribution < -0.4 is 15.5 Å². The molecule has 1 aromatic rings. The molecule has 1 saturated heterocycles. The summed E-state index contributed by atoms with van der Waals surface area (Å²) in [6.07, 6.45) is 0. The predicted octanol–water partition coefficient (Wildman–Crippen LogP) is 1.99. The molecular weight excluding hydrogens is 236 g/mol. The number of fused-ring (bicyclic) bond motifs is 1. The number of rotatable bonds is 1. The summed E-state index contributed by atoms with van der Waals surface area (Å²) in [5.41, 5.74) is 3.83. The van der Waals surface area contributed by atoms with Gasteiger partial charge in [0.15, 0.2) is 0 Å². The fraction of sp³-hybridized carbons (Fsp3) is 0.467. The molecule has 2 heterocycles. The second kappa shape index (κ2) is 4.78. The van der Waals surface area contributed by atoms with Gasteiger partial charge in [0.1, 0.15) is 0 Å². The molecule has 0 aliphatic carbocycles. The molecule has 4 heteroatoms. The van der Waals surface area contributed by atoms with Gasteiger partial charge in [-0.1, -0.05) is 6.58 Å². The molecule has 2 N–H and O–H groups in total. The summed E-state index contributed by atoms with van der Waals surface area (Å²) in [6, 6.07) is 7.00. The monoisotopic (exact) mass is 258 g/mol. The Balaban J connectivity index is 1.85. The van der Waals surface area contributed by atoms with E-state index < -0.39 is 0 Å². The van der Waals surface area contributed by atoms with Gasteiger partial charge in [-0.25, -0.2) is 0 Å². The Bertz CT molecular complexity index is 489. The lowest BCUT2D eigenvalue weighted by molar-refractivity contribution is 0.313. The maximum atomic E-state index is 3.95. The van der Waals surface area contributed by atoms with Crippen molar-refractivity contribution in [2.45, 2.75) is 13.0 Å². The largest absolute Gasteiger partial charge is 0.369 e. The highest BCUT2D eigenvalue weighted by Gasteiger charge is 2.20. The van der Waals surface area contributed by atoms with E-state index in [-0.39, 0.29) is 0 Å². The van der Waals surface area contributed by atoms with Crippen molar-refractivity contribution >= 4 is 11.4 Å². The normalized spacial score (nSPS) is 23.6. The van der Waals surface area contributed by atoms with Crippen LogP contribution >= 0.6 is 0 Å². The van der Waals surface area contributed by atoms with Gasteiger partial charge in [0.25, 0.3) is 0 Å². The minimum Gasteiger partial charge on any atom is -0.369 e. The molecule has 3 rings (SSSR count). The fourth-order valence-electron chi connectivity index (χ4n) is 2.82. The van der Waals surface area contributed by atoms with E-state index in [1.165, 1.54) is 16.9 Å². The molecule has 19 heavy (non-hydrogen) atoms. The molecule has 0 bridgehead atoms. The lowest BCUT2D eigenvalue weighted by Gasteiger charge is -2.35. The van der Waals surface area contributed by atoms with Crippen LogP contribution in [0.15, 0.2) is 30.6 Å². The van der Waals surface area contributed by atoms with Gasteiger partial charge in [-0.05, 0) is 37.7 Å². The Morgan fingerprint density at radius 2 is 1.95 bits per heavy atom. The molecule has 2 aliphatic heterocycles. The minimum atomic E-state index is 0.316. The van der Waals surface area contributed by atoms with Crippen LogP contribution in [-0.2, 0) is 0 Å². The highest BCUT2D eigenvalue weighted by molar-refractivity contribution is 5.65. The van der Waals surface area contributed by atoms with Crippen molar-refractivity contribution in [2.24, 2.45) is 0 Å². The maximum Gasteiger partial charge on any atom is 0.0961 e. The van der Waals surface area contributed by atoms with Crippen LogP contribution in [0.5, 0.6) is 0 Å². The van der Waals surface area contributed by atoms with Crippen molar-refractivity contribution in [3.05, 3.63) is 36.2 Å². The van der Waals surface area contributed by atoms with E-state index in [1.54, 1.807) is 0 Å². The van der Waals surface area contributed by atoms with Gasteiger partial charge >= 0.3 is 0 Å². The van der Waals surface area contributed by atoms with Gasteiger partial charge in [-0.2, -0.15) is 0 Å². The number of hydrogen-bond donors (Lipinski definition) is 2. The Kier molecular flexibility index (Phi) is 3.11. The van der Waals surface area contributed by atoms with Gasteiger partial charge in [0.05, 0.1) is 11.9 Å². The number of nitrogens with zero attached hydrogens (tertiary/aromatic N) is 2. The van der Waals surface area contributed by atoms with Crippen molar-refractivity contribution in [3.63, 3.8) is 0 Å². The number of benzene rings is 1. The summed E-state index contributed by atoms with van der Waals surface area (Å²) >= 11 is 0. The van der Waals surface area contributed by atoms with Crippen molar-refractivity contribution in [3.8, 4) is 0 Å². The van der Waals surface area contributed by atoms with E-state index in [0.717, 1.165) is 32.0 Å². The van der Waals surface area contributed by atoms with E-state index in [2.05, 4.69) is 59.2 Å². The molecule has 1 fully saturated rings. The van der Waals surface area contributed by atoms with Crippen LogP contribution in [0.4, 0.5) is 11.4 Å². The van der Waals surface area contributed by atoms with Gasteiger partial charge in [0, 0.05) is 37.6 Å². The highest BCUT2D eigenvalue weighted by Crippen LogP contribution is 2.32. The molecule has 4 nitrogen and oxygen atoms in total. The SMILES string of the molecule is C=C1Nc2ccc(N3CCN(C)CC3)cc2C(C)N1. The summed E-state index contributed by atoms with van der Waals surface area (Å²) in [4.78, 5) is 4.85. The average molecular weight is 258 g/mol. The molecular formula is C15H22N4. The molecule has 1 atom stereocenters. The average Bonchev–Trinajstić information content (AvgIpc) is 2.39. The molecule has 102 valence electrons. The van der Waals surface area contributed by atoms with E-state index in [4.69, 9.17) is 0 Å². The van der Waals surface area contributed by atoms with Crippen molar-refractivity contribution in [1.29, 1.82) is 0 Å². The van der Waals surface area contributed by atoms with E-state index in [1.807, 2.05) is 0 Å².